The monoisotopic (exact) mass is 372 g/mol. The average Bonchev–Trinajstić information content (AvgIpc) is 2.63. The second-order valence-electron chi connectivity index (χ2n) is 6.55. The van der Waals surface area contributed by atoms with Gasteiger partial charge in [0.1, 0.15) is 17.6 Å². The highest BCUT2D eigenvalue weighted by molar-refractivity contribution is 5.87. The predicted molar refractivity (Wildman–Crippen MR) is 102 cm³/mol. The van der Waals surface area contributed by atoms with E-state index in [-0.39, 0.29) is 30.8 Å². The Balaban J connectivity index is 2.14. The number of aryl methyl sites for hydroxylation is 2. The van der Waals surface area contributed by atoms with Crippen LogP contribution in [0.1, 0.15) is 23.6 Å². The van der Waals surface area contributed by atoms with Crippen molar-refractivity contribution in [2.24, 2.45) is 0 Å². The number of nitrogens with one attached hydrogen (secondary N) is 1. The van der Waals surface area contributed by atoms with E-state index in [1.807, 2.05) is 32.0 Å². The van der Waals surface area contributed by atoms with E-state index < -0.39 is 6.04 Å². The highest BCUT2D eigenvalue weighted by Crippen LogP contribution is 2.17. The normalized spacial score (nSPS) is 11.6. The summed E-state index contributed by atoms with van der Waals surface area (Å²) in [7, 11) is 1.52. The Bertz CT molecular complexity index is 785. The first-order chi connectivity index (χ1) is 12.8. The smallest absolute Gasteiger partial charge is 0.261 e. The van der Waals surface area contributed by atoms with E-state index in [2.05, 4.69) is 5.32 Å². The maximum atomic E-state index is 13.1. The molecule has 1 N–H and O–H groups in total. The zero-order chi connectivity index (χ0) is 20.0. The summed E-state index contributed by atoms with van der Waals surface area (Å²) in [4.78, 5) is 26.3. The molecule has 0 saturated carbocycles. The molecule has 0 bridgehead atoms. The van der Waals surface area contributed by atoms with Crippen LogP contribution in [0.4, 0.5) is 4.39 Å². The van der Waals surface area contributed by atoms with Gasteiger partial charge in [0.15, 0.2) is 6.61 Å². The molecular formula is C21H25FN2O3. The fraction of sp³-hybridized carbons (Fsp3) is 0.333. The maximum absolute atomic E-state index is 13.1. The van der Waals surface area contributed by atoms with Crippen molar-refractivity contribution in [3.8, 4) is 5.75 Å². The summed E-state index contributed by atoms with van der Waals surface area (Å²) in [6, 6.07) is 10.9. The van der Waals surface area contributed by atoms with Crippen LogP contribution in [0.3, 0.4) is 0 Å². The molecule has 2 amide bonds. The Morgan fingerprint density at radius 3 is 2.26 bits per heavy atom. The Morgan fingerprint density at radius 2 is 1.70 bits per heavy atom. The van der Waals surface area contributed by atoms with Crippen LogP contribution in [0, 0.1) is 19.7 Å². The zero-order valence-electron chi connectivity index (χ0n) is 16.1. The fourth-order valence-electron chi connectivity index (χ4n) is 2.82. The van der Waals surface area contributed by atoms with Crippen LogP contribution >= 0.6 is 0 Å². The lowest BCUT2D eigenvalue weighted by molar-refractivity contribution is -0.142. The molecule has 2 aromatic carbocycles. The number of benzene rings is 2. The van der Waals surface area contributed by atoms with Crippen molar-refractivity contribution in [2.45, 2.75) is 33.4 Å². The van der Waals surface area contributed by atoms with Crippen LogP contribution < -0.4 is 10.1 Å². The number of carbonyl (C=O) groups is 2. The molecule has 0 spiro atoms. The molecule has 0 aliphatic carbocycles. The predicted octanol–water partition coefficient (Wildman–Crippen LogP) is 2.98. The molecule has 6 heteroatoms. The third kappa shape index (κ3) is 5.81. The number of halogens is 1. The van der Waals surface area contributed by atoms with E-state index in [0.717, 1.165) is 16.7 Å². The highest BCUT2D eigenvalue weighted by atomic mass is 19.1. The van der Waals surface area contributed by atoms with Gasteiger partial charge in [-0.05, 0) is 61.7 Å². The van der Waals surface area contributed by atoms with Gasteiger partial charge in [0.05, 0.1) is 0 Å². The van der Waals surface area contributed by atoms with Crippen molar-refractivity contribution >= 4 is 11.8 Å². The van der Waals surface area contributed by atoms with Crippen molar-refractivity contribution in [2.75, 3.05) is 13.7 Å². The summed E-state index contributed by atoms with van der Waals surface area (Å²) in [6.45, 7) is 5.55. The topological polar surface area (TPSA) is 58.6 Å². The van der Waals surface area contributed by atoms with E-state index >= 15 is 0 Å². The van der Waals surface area contributed by atoms with E-state index in [1.165, 1.54) is 24.1 Å². The van der Waals surface area contributed by atoms with Gasteiger partial charge in [-0.2, -0.15) is 0 Å². The number of hydrogen-bond acceptors (Lipinski definition) is 3. The lowest BCUT2D eigenvalue weighted by Crippen LogP contribution is -2.48. The Labute approximate surface area is 159 Å². The third-order valence-electron chi connectivity index (χ3n) is 4.24. The minimum Gasteiger partial charge on any atom is -0.484 e. The molecule has 5 nitrogen and oxygen atoms in total. The first-order valence-electron chi connectivity index (χ1n) is 8.76. The van der Waals surface area contributed by atoms with E-state index in [0.29, 0.717) is 5.75 Å². The molecule has 0 fully saturated rings. The third-order valence-corrected chi connectivity index (χ3v) is 4.24. The molecule has 144 valence electrons. The van der Waals surface area contributed by atoms with Gasteiger partial charge >= 0.3 is 0 Å². The summed E-state index contributed by atoms with van der Waals surface area (Å²) < 4.78 is 18.8. The molecular weight excluding hydrogens is 347 g/mol. The van der Waals surface area contributed by atoms with Crippen LogP contribution in [-0.2, 0) is 16.1 Å². The quantitative estimate of drug-likeness (QED) is 0.813. The van der Waals surface area contributed by atoms with Gasteiger partial charge in [-0.3, -0.25) is 9.59 Å². The number of likely N-dealkylation sites (N-methyl/N-ethyl adjacent to an activating group) is 1. The number of carbonyl (C=O) groups excluding carboxylic acids is 2. The van der Waals surface area contributed by atoms with Gasteiger partial charge in [-0.15, -0.1) is 0 Å². The van der Waals surface area contributed by atoms with Gasteiger partial charge in [0.25, 0.3) is 5.91 Å². The SMILES string of the molecule is CNC(=O)[C@H](C)N(Cc1ccc(F)cc1)C(=O)COc1cc(C)cc(C)c1. The van der Waals surface area contributed by atoms with Crippen LogP contribution in [0.2, 0.25) is 0 Å². The molecule has 0 heterocycles. The van der Waals surface area contributed by atoms with Crippen molar-refractivity contribution in [1.29, 1.82) is 0 Å². The molecule has 2 rings (SSSR count). The van der Waals surface area contributed by atoms with Gasteiger partial charge in [0.2, 0.25) is 5.91 Å². The van der Waals surface area contributed by atoms with Crippen LogP contribution in [0.15, 0.2) is 42.5 Å². The standard InChI is InChI=1S/C21H25FN2O3/c1-14-9-15(2)11-19(10-14)27-13-20(25)24(16(3)21(26)23-4)12-17-5-7-18(22)8-6-17/h5-11,16H,12-13H2,1-4H3,(H,23,26)/t16-/m0/s1. The van der Waals surface area contributed by atoms with Crippen molar-refractivity contribution in [3.05, 3.63) is 65.0 Å². The molecule has 0 saturated heterocycles. The molecule has 1 atom stereocenters. The minimum absolute atomic E-state index is 0.184. The number of rotatable bonds is 7. The van der Waals surface area contributed by atoms with Crippen LogP contribution in [0.5, 0.6) is 5.75 Å². The Hall–Kier alpha value is -2.89. The van der Waals surface area contributed by atoms with Crippen molar-refractivity contribution in [1.82, 2.24) is 10.2 Å². The molecule has 0 aliphatic rings. The second kappa shape index (κ2) is 9.16. The zero-order valence-corrected chi connectivity index (χ0v) is 16.1. The van der Waals surface area contributed by atoms with Crippen molar-refractivity contribution < 1.29 is 18.7 Å². The van der Waals surface area contributed by atoms with E-state index in [9.17, 15) is 14.0 Å². The molecule has 27 heavy (non-hydrogen) atoms. The summed E-state index contributed by atoms with van der Waals surface area (Å²) in [5, 5.41) is 2.55. The molecule has 0 aliphatic heterocycles. The van der Waals surface area contributed by atoms with Crippen LogP contribution in [-0.4, -0.2) is 36.4 Å². The highest BCUT2D eigenvalue weighted by Gasteiger charge is 2.25. The second-order valence-corrected chi connectivity index (χ2v) is 6.55. The maximum Gasteiger partial charge on any atom is 0.261 e. The largest absolute Gasteiger partial charge is 0.484 e. The van der Waals surface area contributed by atoms with Gasteiger partial charge < -0.3 is 15.0 Å². The van der Waals surface area contributed by atoms with Crippen LogP contribution in [0.25, 0.3) is 0 Å². The summed E-state index contributed by atoms with van der Waals surface area (Å²) in [5.74, 6) is -0.351. The molecule has 0 aromatic heterocycles. The number of hydrogen-bond donors (Lipinski definition) is 1. The van der Waals surface area contributed by atoms with Gasteiger partial charge in [-0.1, -0.05) is 18.2 Å². The molecule has 0 unspecified atom stereocenters. The Morgan fingerprint density at radius 1 is 1.11 bits per heavy atom. The summed E-state index contributed by atoms with van der Waals surface area (Å²) in [6.07, 6.45) is 0. The average molecular weight is 372 g/mol. The minimum atomic E-state index is -0.685. The fourth-order valence-corrected chi connectivity index (χ4v) is 2.82. The number of ether oxygens (including phenoxy) is 1. The summed E-state index contributed by atoms with van der Waals surface area (Å²) >= 11 is 0. The number of nitrogens with zero attached hydrogens (tertiary/aromatic N) is 1. The summed E-state index contributed by atoms with van der Waals surface area (Å²) in [5.41, 5.74) is 2.81. The number of amides is 2. The first kappa shape index (κ1) is 20.4. The van der Waals surface area contributed by atoms with Gasteiger partial charge in [-0.25, -0.2) is 4.39 Å². The lowest BCUT2D eigenvalue weighted by Gasteiger charge is -2.28. The Kier molecular flexibility index (Phi) is 6.93. The first-order valence-corrected chi connectivity index (χ1v) is 8.76. The van der Waals surface area contributed by atoms with Crippen molar-refractivity contribution in [3.63, 3.8) is 0 Å². The van der Waals surface area contributed by atoms with E-state index in [1.54, 1.807) is 19.1 Å². The van der Waals surface area contributed by atoms with E-state index in [4.69, 9.17) is 4.74 Å². The lowest BCUT2D eigenvalue weighted by atomic mass is 10.1. The van der Waals surface area contributed by atoms with Gasteiger partial charge in [0, 0.05) is 13.6 Å². The molecule has 2 aromatic rings. The molecule has 0 radical (unpaired) electrons.